The zero-order valence-electron chi connectivity index (χ0n) is 8.62. The molecule has 0 N–H and O–H groups in total. The van der Waals surface area contributed by atoms with Gasteiger partial charge in [-0.3, -0.25) is 0 Å². The van der Waals surface area contributed by atoms with Crippen LogP contribution in [0.3, 0.4) is 0 Å². The van der Waals surface area contributed by atoms with Crippen LogP contribution in [0.1, 0.15) is 39.0 Å². The summed E-state index contributed by atoms with van der Waals surface area (Å²) >= 11 is 0. The standard InChI is InChI=1S/C10H17NO2.ClH/c1-10(5-6-10)13-9(12)11-7-3-2-4-8-11;/h2-8H2,1H3;1H. The van der Waals surface area contributed by atoms with Gasteiger partial charge in [0.25, 0.3) is 0 Å². The zero-order chi connectivity index (χ0) is 9.31. The molecule has 82 valence electrons. The number of ether oxygens (including phenoxy) is 1. The van der Waals surface area contributed by atoms with Crippen molar-refractivity contribution in [2.75, 3.05) is 13.1 Å². The lowest BCUT2D eigenvalue weighted by Gasteiger charge is -2.27. The number of carbonyl (C=O) groups excluding carboxylic acids is 1. The molecule has 1 saturated heterocycles. The fraction of sp³-hybridized carbons (Fsp3) is 0.900. The van der Waals surface area contributed by atoms with E-state index >= 15 is 0 Å². The van der Waals surface area contributed by atoms with E-state index in [1.807, 2.05) is 11.8 Å². The molecule has 0 unspecified atom stereocenters. The normalized spacial score (nSPS) is 23.6. The molecule has 0 spiro atoms. The molecule has 0 aromatic carbocycles. The Morgan fingerprint density at radius 3 is 2.29 bits per heavy atom. The Balaban J connectivity index is 0.000000980. The molecular weight excluding hydrogens is 202 g/mol. The second kappa shape index (κ2) is 4.39. The molecule has 3 nitrogen and oxygen atoms in total. The molecule has 1 saturated carbocycles. The predicted octanol–water partition coefficient (Wildman–Crippen LogP) is 2.58. The number of likely N-dealkylation sites (tertiary alicyclic amines) is 1. The molecule has 1 aliphatic carbocycles. The molecule has 2 rings (SSSR count). The Hall–Kier alpha value is -0.440. The molecule has 1 amide bonds. The van der Waals surface area contributed by atoms with Crippen molar-refractivity contribution >= 4 is 18.5 Å². The summed E-state index contributed by atoms with van der Waals surface area (Å²) in [7, 11) is 0. The summed E-state index contributed by atoms with van der Waals surface area (Å²) in [6, 6.07) is 0. The van der Waals surface area contributed by atoms with Gasteiger partial charge < -0.3 is 9.64 Å². The Morgan fingerprint density at radius 1 is 1.21 bits per heavy atom. The van der Waals surface area contributed by atoms with Crippen LogP contribution in [0.4, 0.5) is 4.79 Å². The van der Waals surface area contributed by atoms with Crippen LogP contribution in [-0.2, 0) is 4.74 Å². The van der Waals surface area contributed by atoms with Gasteiger partial charge >= 0.3 is 6.09 Å². The van der Waals surface area contributed by atoms with Crippen molar-refractivity contribution in [3.05, 3.63) is 0 Å². The van der Waals surface area contributed by atoms with Crippen LogP contribution in [0.2, 0.25) is 0 Å². The fourth-order valence-corrected chi connectivity index (χ4v) is 1.63. The van der Waals surface area contributed by atoms with Crippen LogP contribution < -0.4 is 0 Å². The topological polar surface area (TPSA) is 29.5 Å². The number of hydrogen-bond donors (Lipinski definition) is 0. The van der Waals surface area contributed by atoms with E-state index < -0.39 is 0 Å². The molecule has 2 fully saturated rings. The van der Waals surface area contributed by atoms with Crippen LogP contribution in [0.5, 0.6) is 0 Å². The maximum absolute atomic E-state index is 11.6. The summed E-state index contributed by atoms with van der Waals surface area (Å²) in [5.41, 5.74) is -0.117. The third-order valence-electron chi connectivity index (χ3n) is 2.90. The smallest absolute Gasteiger partial charge is 0.410 e. The summed E-state index contributed by atoms with van der Waals surface area (Å²) < 4.78 is 5.38. The van der Waals surface area contributed by atoms with E-state index in [1.165, 1.54) is 6.42 Å². The van der Waals surface area contributed by atoms with E-state index in [0.29, 0.717) is 0 Å². The molecule has 0 bridgehead atoms. The van der Waals surface area contributed by atoms with Crippen molar-refractivity contribution < 1.29 is 9.53 Å². The van der Waals surface area contributed by atoms with Crippen molar-refractivity contribution in [1.29, 1.82) is 0 Å². The quantitative estimate of drug-likeness (QED) is 0.679. The summed E-state index contributed by atoms with van der Waals surface area (Å²) in [6.07, 6.45) is 5.48. The van der Waals surface area contributed by atoms with Gasteiger partial charge in [0.1, 0.15) is 5.60 Å². The Morgan fingerprint density at radius 2 is 1.79 bits per heavy atom. The monoisotopic (exact) mass is 219 g/mol. The number of amides is 1. The average Bonchev–Trinajstić information content (AvgIpc) is 2.85. The second-order valence-corrected chi connectivity index (χ2v) is 4.37. The second-order valence-electron chi connectivity index (χ2n) is 4.37. The van der Waals surface area contributed by atoms with Gasteiger partial charge in [0, 0.05) is 13.1 Å². The van der Waals surface area contributed by atoms with Gasteiger partial charge in [-0.1, -0.05) is 0 Å². The van der Waals surface area contributed by atoms with Crippen LogP contribution in [0, 0.1) is 0 Å². The molecule has 0 radical (unpaired) electrons. The minimum Gasteiger partial charge on any atom is -0.443 e. The first-order valence-corrected chi connectivity index (χ1v) is 5.18. The van der Waals surface area contributed by atoms with Gasteiger partial charge in [-0.2, -0.15) is 0 Å². The van der Waals surface area contributed by atoms with Crippen molar-refractivity contribution in [3.63, 3.8) is 0 Å². The lowest BCUT2D eigenvalue weighted by Crippen LogP contribution is -2.37. The van der Waals surface area contributed by atoms with E-state index in [1.54, 1.807) is 0 Å². The summed E-state index contributed by atoms with van der Waals surface area (Å²) in [5.74, 6) is 0. The summed E-state index contributed by atoms with van der Waals surface area (Å²) in [4.78, 5) is 13.4. The highest BCUT2D eigenvalue weighted by molar-refractivity contribution is 5.85. The van der Waals surface area contributed by atoms with Crippen LogP contribution in [0.25, 0.3) is 0 Å². The van der Waals surface area contributed by atoms with Crippen molar-refractivity contribution in [2.24, 2.45) is 0 Å². The minimum absolute atomic E-state index is 0. The van der Waals surface area contributed by atoms with Crippen molar-refractivity contribution in [3.8, 4) is 0 Å². The van der Waals surface area contributed by atoms with E-state index in [4.69, 9.17) is 4.74 Å². The Bertz CT molecular complexity index is 210. The van der Waals surface area contributed by atoms with Gasteiger partial charge in [0.05, 0.1) is 0 Å². The number of halogens is 1. The van der Waals surface area contributed by atoms with Crippen molar-refractivity contribution in [2.45, 2.75) is 44.6 Å². The first-order valence-electron chi connectivity index (χ1n) is 5.18. The highest BCUT2D eigenvalue weighted by Gasteiger charge is 2.42. The summed E-state index contributed by atoms with van der Waals surface area (Å²) in [6.45, 7) is 3.78. The molecular formula is C10H18ClNO2. The minimum atomic E-state index is -0.117. The van der Waals surface area contributed by atoms with Crippen molar-refractivity contribution in [1.82, 2.24) is 4.90 Å². The Kier molecular flexibility index (Phi) is 3.65. The highest BCUT2D eigenvalue weighted by Crippen LogP contribution is 2.39. The van der Waals surface area contributed by atoms with Gasteiger partial charge in [-0.25, -0.2) is 4.79 Å². The SMILES string of the molecule is CC1(OC(=O)N2CCCCC2)CC1.Cl. The maximum Gasteiger partial charge on any atom is 0.410 e. The predicted molar refractivity (Wildman–Crippen MR) is 56.8 cm³/mol. The molecule has 1 heterocycles. The first-order chi connectivity index (χ1) is 6.20. The number of carbonyl (C=O) groups is 1. The maximum atomic E-state index is 11.6. The number of piperidine rings is 1. The van der Waals surface area contributed by atoms with E-state index in [2.05, 4.69) is 0 Å². The third kappa shape index (κ3) is 2.77. The lowest BCUT2D eigenvalue weighted by molar-refractivity contribution is 0.0537. The molecule has 0 aromatic heterocycles. The number of nitrogens with zero attached hydrogens (tertiary/aromatic N) is 1. The fourth-order valence-electron chi connectivity index (χ4n) is 1.63. The molecule has 2 aliphatic rings. The molecule has 14 heavy (non-hydrogen) atoms. The van der Waals surface area contributed by atoms with Crippen LogP contribution in [0.15, 0.2) is 0 Å². The lowest BCUT2D eigenvalue weighted by atomic mass is 10.1. The van der Waals surface area contributed by atoms with E-state index in [-0.39, 0.29) is 24.1 Å². The molecule has 1 aliphatic heterocycles. The molecule has 0 atom stereocenters. The first kappa shape index (κ1) is 11.6. The zero-order valence-corrected chi connectivity index (χ0v) is 9.44. The number of rotatable bonds is 1. The average molecular weight is 220 g/mol. The summed E-state index contributed by atoms with van der Waals surface area (Å²) in [5, 5.41) is 0. The Labute approximate surface area is 91.2 Å². The highest BCUT2D eigenvalue weighted by atomic mass is 35.5. The molecule has 4 heteroatoms. The van der Waals surface area contributed by atoms with Gasteiger partial charge in [-0.05, 0) is 39.0 Å². The largest absolute Gasteiger partial charge is 0.443 e. The van der Waals surface area contributed by atoms with Crippen LogP contribution >= 0.6 is 12.4 Å². The molecule has 0 aromatic rings. The third-order valence-corrected chi connectivity index (χ3v) is 2.90. The van der Waals surface area contributed by atoms with Gasteiger partial charge in [-0.15, -0.1) is 12.4 Å². The van der Waals surface area contributed by atoms with Crippen LogP contribution in [-0.4, -0.2) is 29.7 Å². The van der Waals surface area contributed by atoms with E-state index in [0.717, 1.165) is 38.8 Å². The van der Waals surface area contributed by atoms with E-state index in [9.17, 15) is 4.79 Å². The number of hydrogen-bond acceptors (Lipinski definition) is 2. The van der Waals surface area contributed by atoms with Gasteiger partial charge in [0.2, 0.25) is 0 Å². The van der Waals surface area contributed by atoms with Gasteiger partial charge in [0.15, 0.2) is 0 Å².